The lowest BCUT2D eigenvalue weighted by Gasteiger charge is -2.37. The van der Waals surface area contributed by atoms with E-state index in [1.165, 1.54) is 16.0 Å². The number of aryl methyl sites for hydroxylation is 2. The third kappa shape index (κ3) is 5.12. The third-order valence-corrected chi connectivity index (χ3v) is 7.30. The van der Waals surface area contributed by atoms with Crippen molar-refractivity contribution in [3.63, 3.8) is 0 Å². The predicted molar refractivity (Wildman–Crippen MR) is 123 cm³/mol. The van der Waals surface area contributed by atoms with Gasteiger partial charge >= 0.3 is 0 Å². The van der Waals surface area contributed by atoms with Crippen LogP contribution in [0.3, 0.4) is 0 Å². The maximum Gasteiger partial charge on any atom is 0.242 e. The van der Waals surface area contributed by atoms with E-state index >= 15 is 0 Å². The van der Waals surface area contributed by atoms with E-state index in [0.29, 0.717) is 32.0 Å². The second-order valence-corrected chi connectivity index (χ2v) is 9.80. The van der Waals surface area contributed by atoms with E-state index < -0.39 is 0 Å². The maximum absolute atomic E-state index is 13.4. The molecule has 1 aromatic carbocycles. The molecular weight excluding hydrogens is 408 g/mol. The van der Waals surface area contributed by atoms with Crippen LogP contribution in [0.15, 0.2) is 29.6 Å². The quantitative estimate of drug-likeness (QED) is 0.606. The van der Waals surface area contributed by atoms with Crippen molar-refractivity contribution in [2.24, 2.45) is 5.92 Å². The minimum atomic E-state index is -0.122. The number of hydrogen-bond donors (Lipinski definition) is 0. The largest absolute Gasteiger partial charge is 0.491 e. The van der Waals surface area contributed by atoms with E-state index in [2.05, 4.69) is 24.4 Å². The molecule has 0 unspecified atom stereocenters. The van der Waals surface area contributed by atoms with Crippen LogP contribution in [0.4, 0.5) is 0 Å². The lowest BCUT2D eigenvalue weighted by molar-refractivity contribution is -0.142. The second kappa shape index (κ2) is 9.43. The van der Waals surface area contributed by atoms with Crippen molar-refractivity contribution in [2.75, 3.05) is 26.2 Å². The highest BCUT2D eigenvalue weighted by molar-refractivity contribution is 7.10. The fraction of sp³-hybridized carbons (Fsp3) is 0.520. The van der Waals surface area contributed by atoms with E-state index in [-0.39, 0.29) is 24.4 Å². The highest BCUT2D eigenvalue weighted by Crippen LogP contribution is 2.35. The van der Waals surface area contributed by atoms with Gasteiger partial charge in [0.05, 0.1) is 12.6 Å². The number of rotatable bonds is 8. The molecule has 2 heterocycles. The maximum atomic E-state index is 13.4. The van der Waals surface area contributed by atoms with Crippen molar-refractivity contribution < 1.29 is 14.3 Å². The normalized spacial score (nSPS) is 17.9. The van der Waals surface area contributed by atoms with Crippen molar-refractivity contribution in [2.45, 2.75) is 52.5 Å². The lowest BCUT2D eigenvalue weighted by atomic mass is 10.00. The van der Waals surface area contributed by atoms with Crippen molar-refractivity contribution in [1.82, 2.24) is 9.80 Å². The Morgan fingerprint density at radius 1 is 1.23 bits per heavy atom. The van der Waals surface area contributed by atoms with Crippen LogP contribution in [-0.2, 0) is 16.0 Å². The fourth-order valence-electron chi connectivity index (χ4n) is 4.35. The highest BCUT2D eigenvalue weighted by Gasteiger charge is 2.34. The number of carbonyl (C=O) groups is 2. The smallest absolute Gasteiger partial charge is 0.242 e. The Bertz CT molecular complexity index is 950. The standard InChI is InChI=1S/C25H32N2O3S/c1-4-24(28)26(14-19-6-7-19)15-25(29)27-11-9-23-20(10-12-31-23)21(27)16-30-22-8-5-17(2)13-18(22)3/h5,8,10,12-13,19,21H,4,6-7,9,11,14-16H2,1-3H3/t21-/m0/s1. The van der Waals surface area contributed by atoms with Gasteiger partial charge < -0.3 is 14.5 Å². The lowest BCUT2D eigenvalue weighted by Crippen LogP contribution is -2.48. The fourth-order valence-corrected chi connectivity index (χ4v) is 5.28. The van der Waals surface area contributed by atoms with Gasteiger partial charge in [0.2, 0.25) is 11.8 Å². The molecule has 1 aliphatic heterocycles. The van der Waals surface area contributed by atoms with Crippen molar-refractivity contribution in [3.05, 3.63) is 51.2 Å². The monoisotopic (exact) mass is 440 g/mol. The molecule has 166 valence electrons. The van der Waals surface area contributed by atoms with Gasteiger partial charge in [-0.15, -0.1) is 11.3 Å². The zero-order chi connectivity index (χ0) is 22.0. The topological polar surface area (TPSA) is 49.9 Å². The molecule has 0 spiro atoms. The van der Waals surface area contributed by atoms with Gasteiger partial charge in [-0.25, -0.2) is 0 Å². The van der Waals surface area contributed by atoms with Crippen LogP contribution in [0.5, 0.6) is 5.75 Å². The van der Waals surface area contributed by atoms with Gasteiger partial charge in [-0.05, 0) is 67.7 Å². The molecule has 1 aromatic heterocycles. The summed E-state index contributed by atoms with van der Waals surface area (Å²) in [5.74, 6) is 1.51. The van der Waals surface area contributed by atoms with Crippen LogP contribution >= 0.6 is 11.3 Å². The number of fused-ring (bicyclic) bond motifs is 1. The van der Waals surface area contributed by atoms with E-state index in [1.807, 2.05) is 30.9 Å². The number of hydrogen-bond acceptors (Lipinski definition) is 4. The second-order valence-electron chi connectivity index (χ2n) is 8.80. The van der Waals surface area contributed by atoms with Crippen molar-refractivity contribution in [3.8, 4) is 5.75 Å². The molecule has 2 aromatic rings. The number of thiophene rings is 1. The van der Waals surface area contributed by atoms with Gasteiger partial charge in [0, 0.05) is 24.4 Å². The number of ether oxygens (including phenoxy) is 1. The molecule has 0 bridgehead atoms. The molecule has 1 saturated carbocycles. The first-order valence-electron chi connectivity index (χ1n) is 11.3. The molecule has 1 fully saturated rings. The number of amides is 2. The van der Waals surface area contributed by atoms with Crippen LogP contribution in [-0.4, -0.2) is 47.9 Å². The zero-order valence-electron chi connectivity index (χ0n) is 18.7. The average Bonchev–Trinajstić information content (AvgIpc) is 3.44. The van der Waals surface area contributed by atoms with Gasteiger partial charge in [0.25, 0.3) is 0 Å². The molecule has 0 saturated heterocycles. The van der Waals surface area contributed by atoms with E-state index in [1.54, 1.807) is 16.2 Å². The SMILES string of the molecule is CCC(=O)N(CC(=O)N1CCc2sccc2[C@@H]1COc1ccc(C)cc1C)CC1CC1. The molecule has 0 radical (unpaired) electrons. The molecule has 2 aliphatic rings. The zero-order valence-corrected chi connectivity index (χ0v) is 19.5. The average molecular weight is 441 g/mol. The molecule has 1 atom stereocenters. The summed E-state index contributed by atoms with van der Waals surface area (Å²) in [6.07, 6.45) is 3.63. The van der Waals surface area contributed by atoms with Crippen LogP contribution in [0.1, 0.15) is 53.8 Å². The summed E-state index contributed by atoms with van der Waals surface area (Å²) in [6, 6.07) is 8.16. The Hall–Kier alpha value is -2.34. The van der Waals surface area contributed by atoms with Crippen LogP contribution in [0.25, 0.3) is 0 Å². The molecule has 1 aliphatic carbocycles. The van der Waals surface area contributed by atoms with Crippen molar-refractivity contribution >= 4 is 23.2 Å². The Morgan fingerprint density at radius 3 is 2.74 bits per heavy atom. The molecule has 4 rings (SSSR count). The Morgan fingerprint density at radius 2 is 2.03 bits per heavy atom. The minimum absolute atomic E-state index is 0.0218. The first-order valence-corrected chi connectivity index (χ1v) is 12.2. The van der Waals surface area contributed by atoms with Gasteiger partial charge in [0.15, 0.2) is 0 Å². The van der Waals surface area contributed by atoms with Gasteiger partial charge in [-0.1, -0.05) is 24.6 Å². The van der Waals surface area contributed by atoms with Crippen LogP contribution < -0.4 is 4.74 Å². The highest BCUT2D eigenvalue weighted by atomic mass is 32.1. The summed E-state index contributed by atoms with van der Waals surface area (Å²) < 4.78 is 6.22. The molecule has 0 N–H and O–H groups in total. The summed E-state index contributed by atoms with van der Waals surface area (Å²) >= 11 is 1.75. The van der Waals surface area contributed by atoms with Crippen LogP contribution in [0.2, 0.25) is 0 Å². The summed E-state index contributed by atoms with van der Waals surface area (Å²) in [4.78, 5) is 30.8. The number of nitrogens with zero attached hydrogens (tertiary/aromatic N) is 2. The third-order valence-electron chi connectivity index (χ3n) is 6.30. The van der Waals surface area contributed by atoms with E-state index in [9.17, 15) is 9.59 Å². The molecule has 5 nitrogen and oxygen atoms in total. The van der Waals surface area contributed by atoms with Crippen LogP contribution in [0, 0.1) is 19.8 Å². The first-order chi connectivity index (χ1) is 15.0. The van der Waals surface area contributed by atoms with Gasteiger partial charge in [0.1, 0.15) is 12.4 Å². The molecule has 6 heteroatoms. The van der Waals surface area contributed by atoms with E-state index in [0.717, 1.165) is 30.6 Å². The summed E-state index contributed by atoms with van der Waals surface area (Å²) in [7, 11) is 0. The summed E-state index contributed by atoms with van der Waals surface area (Å²) in [6.45, 7) is 7.96. The Kier molecular flexibility index (Phi) is 6.65. The van der Waals surface area contributed by atoms with Gasteiger partial charge in [-0.3, -0.25) is 9.59 Å². The Balaban J connectivity index is 1.50. The predicted octanol–water partition coefficient (Wildman–Crippen LogP) is 4.52. The minimum Gasteiger partial charge on any atom is -0.491 e. The van der Waals surface area contributed by atoms with E-state index in [4.69, 9.17) is 4.74 Å². The van der Waals surface area contributed by atoms with Crippen molar-refractivity contribution in [1.29, 1.82) is 0 Å². The summed E-state index contributed by atoms with van der Waals surface area (Å²) in [5, 5.41) is 2.10. The Labute approximate surface area is 189 Å². The molecule has 2 amide bonds. The van der Waals surface area contributed by atoms with Gasteiger partial charge in [-0.2, -0.15) is 0 Å². The first kappa shape index (κ1) is 21.9. The molecule has 31 heavy (non-hydrogen) atoms. The number of carbonyl (C=O) groups excluding carboxylic acids is 2. The summed E-state index contributed by atoms with van der Waals surface area (Å²) in [5.41, 5.74) is 3.49. The molecular formula is C25H32N2O3S. The number of benzene rings is 1.